The lowest BCUT2D eigenvalue weighted by atomic mass is 10.1. The highest BCUT2D eigenvalue weighted by Gasteiger charge is 2.05. The molecule has 0 amide bonds. The molecule has 2 aromatic rings. The Bertz CT molecular complexity index is 484. The number of hydrogen-bond donors (Lipinski definition) is 1. The van der Waals surface area contributed by atoms with Crippen molar-refractivity contribution >= 4 is 28.1 Å². The summed E-state index contributed by atoms with van der Waals surface area (Å²) in [5, 5.41) is 2.82. The lowest BCUT2D eigenvalue weighted by Crippen LogP contribution is -1.91. The van der Waals surface area contributed by atoms with Gasteiger partial charge in [0, 0.05) is 16.8 Å². The van der Waals surface area contributed by atoms with E-state index in [1.54, 1.807) is 6.07 Å². The number of hydrogen-bond acceptors (Lipinski definition) is 3. The number of anilines is 1. The zero-order valence-corrected chi connectivity index (χ0v) is 9.28. The van der Waals surface area contributed by atoms with Crippen LogP contribution in [0.25, 0.3) is 0 Å². The van der Waals surface area contributed by atoms with Crippen LogP contribution < -0.4 is 5.73 Å². The van der Waals surface area contributed by atoms with Crippen LogP contribution in [-0.4, -0.2) is 4.98 Å². The van der Waals surface area contributed by atoms with Crippen molar-refractivity contribution in [3.8, 4) is 0 Å². The lowest BCUT2D eigenvalue weighted by Gasteiger charge is -2.01. The van der Waals surface area contributed by atoms with Crippen molar-refractivity contribution in [2.75, 3.05) is 5.73 Å². The van der Waals surface area contributed by atoms with Crippen LogP contribution in [0.4, 0.5) is 9.52 Å². The zero-order valence-electron chi connectivity index (χ0n) is 7.71. The minimum absolute atomic E-state index is 0.332. The number of nitrogens with two attached hydrogens (primary N) is 1. The molecule has 0 fully saturated rings. The van der Waals surface area contributed by atoms with Gasteiger partial charge in [-0.2, -0.15) is 0 Å². The summed E-state index contributed by atoms with van der Waals surface area (Å²) in [6, 6.07) is 4.34. The van der Waals surface area contributed by atoms with Crippen LogP contribution in [0.2, 0.25) is 5.02 Å². The topological polar surface area (TPSA) is 38.9 Å². The van der Waals surface area contributed by atoms with E-state index in [2.05, 4.69) is 4.98 Å². The number of thiazole rings is 1. The zero-order chi connectivity index (χ0) is 10.8. The number of rotatable bonds is 2. The fourth-order valence-corrected chi connectivity index (χ4v) is 2.06. The summed E-state index contributed by atoms with van der Waals surface area (Å²) in [6.45, 7) is 0. The summed E-state index contributed by atoms with van der Waals surface area (Å²) in [5.74, 6) is -0.332. The van der Waals surface area contributed by atoms with Gasteiger partial charge in [0.2, 0.25) is 0 Å². The third-order valence-electron chi connectivity index (χ3n) is 1.96. The van der Waals surface area contributed by atoms with E-state index in [1.165, 1.54) is 23.5 Å². The maximum absolute atomic E-state index is 12.8. The van der Waals surface area contributed by atoms with Crippen LogP contribution in [0, 0.1) is 5.82 Å². The van der Waals surface area contributed by atoms with Crippen molar-refractivity contribution in [1.29, 1.82) is 0 Å². The molecule has 0 saturated carbocycles. The standard InChI is InChI=1S/C10H8ClFN2S/c11-9-4-7(12)2-1-6(9)3-8-5-15-10(13)14-8/h1-2,4-5H,3H2,(H2,13,14). The van der Waals surface area contributed by atoms with E-state index in [-0.39, 0.29) is 5.82 Å². The molecule has 5 heteroatoms. The summed E-state index contributed by atoms with van der Waals surface area (Å²) in [6.07, 6.45) is 0.576. The molecule has 0 spiro atoms. The summed E-state index contributed by atoms with van der Waals surface area (Å²) >= 11 is 7.27. The van der Waals surface area contributed by atoms with E-state index in [0.717, 1.165) is 11.3 Å². The van der Waals surface area contributed by atoms with Crippen molar-refractivity contribution in [3.05, 3.63) is 45.7 Å². The summed E-state index contributed by atoms with van der Waals surface area (Å²) in [4.78, 5) is 4.11. The van der Waals surface area contributed by atoms with Gasteiger partial charge in [0.05, 0.1) is 5.69 Å². The molecule has 2 nitrogen and oxygen atoms in total. The molecule has 15 heavy (non-hydrogen) atoms. The Morgan fingerprint density at radius 3 is 2.87 bits per heavy atom. The van der Waals surface area contributed by atoms with E-state index in [0.29, 0.717) is 16.6 Å². The van der Waals surface area contributed by atoms with Crippen molar-refractivity contribution < 1.29 is 4.39 Å². The van der Waals surface area contributed by atoms with Crippen molar-refractivity contribution in [1.82, 2.24) is 4.98 Å². The van der Waals surface area contributed by atoms with Gasteiger partial charge in [0.25, 0.3) is 0 Å². The Hall–Kier alpha value is -1.13. The lowest BCUT2D eigenvalue weighted by molar-refractivity contribution is 0.627. The van der Waals surface area contributed by atoms with E-state index in [1.807, 2.05) is 5.38 Å². The van der Waals surface area contributed by atoms with Crippen LogP contribution in [0.15, 0.2) is 23.6 Å². The molecule has 0 aliphatic heterocycles. The molecule has 78 valence electrons. The van der Waals surface area contributed by atoms with Gasteiger partial charge in [0.1, 0.15) is 5.82 Å². The molecule has 0 radical (unpaired) electrons. The Morgan fingerprint density at radius 1 is 1.47 bits per heavy atom. The molecule has 1 aromatic heterocycles. The largest absolute Gasteiger partial charge is 0.375 e. The Balaban J connectivity index is 2.24. The van der Waals surface area contributed by atoms with Crippen molar-refractivity contribution in [3.63, 3.8) is 0 Å². The maximum atomic E-state index is 12.8. The van der Waals surface area contributed by atoms with Gasteiger partial charge in [-0.1, -0.05) is 17.7 Å². The molecule has 0 bridgehead atoms. The minimum atomic E-state index is -0.332. The molecule has 2 N–H and O–H groups in total. The van der Waals surface area contributed by atoms with Crippen LogP contribution in [-0.2, 0) is 6.42 Å². The van der Waals surface area contributed by atoms with Crippen LogP contribution in [0.3, 0.4) is 0 Å². The third-order valence-corrected chi connectivity index (χ3v) is 3.03. The van der Waals surface area contributed by atoms with E-state index < -0.39 is 0 Å². The highest BCUT2D eigenvalue weighted by molar-refractivity contribution is 7.13. The highest BCUT2D eigenvalue weighted by Crippen LogP contribution is 2.21. The molecule has 0 aliphatic rings. The second-order valence-electron chi connectivity index (χ2n) is 3.09. The Kier molecular flexibility index (Phi) is 2.88. The van der Waals surface area contributed by atoms with Gasteiger partial charge in [-0.15, -0.1) is 11.3 Å². The average Bonchev–Trinajstić information content (AvgIpc) is 2.56. The predicted octanol–water partition coefficient (Wildman–Crippen LogP) is 3.11. The number of nitrogen functional groups attached to an aromatic ring is 1. The van der Waals surface area contributed by atoms with Crippen molar-refractivity contribution in [2.24, 2.45) is 0 Å². The Labute approximate surface area is 95.5 Å². The fourth-order valence-electron chi connectivity index (χ4n) is 1.26. The maximum Gasteiger partial charge on any atom is 0.180 e. The van der Waals surface area contributed by atoms with E-state index >= 15 is 0 Å². The van der Waals surface area contributed by atoms with E-state index in [4.69, 9.17) is 17.3 Å². The Morgan fingerprint density at radius 2 is 2.27 bits per heavy atom. The van der Waals surface area contributed by atoms with Crippen LogP contribution in [0.5, 0.6) is 0 Å². The second-order valence-corrected chi connectivity index (χ2v) is 4.39. The monoisotopic (exact) mass is 242 g/mol. The molecular weight excluding hydrogens is 235 g/mol. The number of nitrogens with zero attached hydrogens (tertiary/aromatic N) is 1. The molecule has 0 unspecified atom stereocenters. The summed E-state index contributed by atoms with van der Waals surface area (Å²) in [5.41, 5.74) is 7.21. The van der Waals surface area contributed by atoms with Gasteiger partial charge in [-0.25, -0.2) is 9.37 Å². The molecule has 2 rings (SSSR count). The second kappa shape index (κ2) is 4.16. The van der Waals surface area contributed by atoms with Gasteiger partial charge >= 0.3 is 0 Å². The number of aromatic nitrogens is 1. The summed E-state index contributed by atoms with van der Waals surface area (Å²) in [7, 11) is 0. The molecule has 1 aromatic carbocycles. The first-order chi connectivity index (χ1) is 7.15. The number of benzene rings is 1. The van der Waals surface area contributed by atoms with Gasteiger partial charge < -0.3 is 5.73 Å². The quantitative estimate of drug-likeness (QED) is 0.879. The van der Waals surface area contributed by atoms with Gasteiger partial charge in [-0.05, 0) is 17.7 Å². The molecule has 1 heterocycles. The van der Waals surface area contributed by atoms with Crippen molar-refractivity contribution in [2.45, 2.75) is 6.42 Å². The smallest absolute Gasteiger partial charge is 0.180 e. The van der Waals surface area contributed by atoms with Gasteiger partial charge in [-0.3, -0.25) is 0 Å². The predicted molar refractivity (Wildman–Crippen MR) is 60.7 cm³/mol. The minimum Gasteiger partial charge on any atom is -0.375 e. The average molecular weight is 243 g/mol. The third kappa shape index (κ3) is 2.46. The highest BCUT2D eigenvalue weighted by atomic mass is 35.5. The summed E-state index contributed by atoms with van der Waals surface area (Å²) < 4.78 is 12.8. The SMILES string of the molecule is Nc1nc(Cc2ccc(F)cc2Cl)cs1. The molecule has 0 aliphatic carbocycles. The first kappa shape index (κ1) is 10.4. The van der Waals surface area contributed by atoms with Gasteiger partial charge in [0.15, 0.2) is 5.13 Å². The van der Waals surface area contributed by atoms with Crippen LogP contribution >= 0.6 is 22.9 Å². The molecular formula is C10H8ClFN2S. The normalized spacial score (nSPS) is 10.5. The molecule has 0 atom stereocenters. The first-order valence-electron chi connectivity index (χ1n) is 4.29. The first-order valence-corrected chi connectivity index (χ1v) is 5.55. The van der Waals surface area contributed by atoms with E-state index in [9.17, 15) is 4.39 Å². The number of halogens is 2. The molecule has 0 saturated heterocycles. The van der Waals surface area contributed by atoms with Crippen LogP contribution in [0.1, 0.15) is 11.3 Å². The fraction of sp³-hybridized carbons (Fsp3) is 0.100.